The molecule has 17 heavy (non-hydrogen) atoms. The van der Waals surface area contributed by atoms with Gasteiger partial charge in [-0.15, -0.1) is 0 Å². The van der Waals surface area contributed by atoms with E-state index < -0.39 is 0 Å². The minimum atomic E-state index is 0.479. The minimum absolute atomic E-state index is 0.479. The number of nitrogens with zero attached hydrogens (tertiary/aromatic N) is 2. The zero-order valence-corrected chi connectivity index (χ0v) is 10.2. The van der Waals surface area contributed by atoms with Gasteiger partial charge in [0.2, 0.25) is 0 Å². The number of anilines is 1. The van der Waals surface area contributed by atoms with Crippen LogP contribution in [0.5, 0.6) is 5.75 Å². The molecule has 0 spiro atoms. The Kier molecular flexibility index (Phi) is 2.95. The normalized spacial score (nSPS) is 10.3. The molecule has 0 unspecified atom stereocenters. The van der Waals surface area contributed by atoms with Crippen LogP contribution in [0.1, 0.15) is 11.4 Å². The third-order valence-electron chi connectivity index (χ3n) is 2.56. The van der Waals surface area contributed by atoms with Crippen LogP contribution in [0.4, 0.5) is 5.82 Å². The lowest BCUT2D eigenvalue weighted by Gasteiger charge is -2.08. The van der Waals surface area contributed by atoms with Crippen LogP contribution in [0.15, 0.2) is 24.3 Å². The van der Waals surface area contributed by atoms with Crippen LogP contribution < -0.4 is 10.5 Å². The highest BCUT2D eigenvalue weighted by Crippen LogP contribution is 2.26. The van der Waals surface area contributed by atoms with Gasteiger partial charge in [0.1, 0.15) is 17.4 Å². The summed E-state index contributed by atoms with van der Waals surface area (Å²) in [6.07, 6.45) is 0. The van der Waals surface area contributed by atoms with Gasteiger partial charge >= 0.3 is 0 Å². The molecule has 0 aliphatic carbocycles. The highest BCUT2D eigenvalue weighted by molar-refractivity contribution is 5.64. The van der Waals surface area contributed by atoms with Crippen molar-refractivity contribution < 1.29 is 4.74 Å². The molecule has 1 aromatic heterocycles. The maximum Gasteiger partial charge on any atom is 0.128 e. The average Bonchev–Trinajstić information content (AvgIpc) is 2.28. The lowest BCUT2D eigenvalue weighted by molar-refractivity contribution is 0.412. The third kappa shape index (κ3) is 2.36. The monoisotopic (exact) mass is 229 g/mol. The zero-order valence-electron chi connectivity index (χ0n) is 10.2. The van der Waals surface area contributed by atoms with Crippen LogP contribution in [0, 0.1) is 13.8 Å². The summed E-state index contributed by atoms with van der Waals surface area (Å²) >= 11 is 0. The maximum absolute atomic E-state index is 5.71. The van der Waals surface area contributed by atoms with E-state index in [1.165, 1.54) is 0 Å². The third-order valence-corrected chi connectivity index (χ3v) is 2.56. The molecule has 2 aromatic rings. The first kappa shape index (κ1) is 11.4. The molecule has 0 radical (unpaired) electrons. The summed E-state index contributed by atoms with van der Waals surface area (Å²) in [5.74, 6) is 1.99. The maximum atomic E-state index is 5.71. The Morgan fingerprint density at radius 2 is 1.88 bits per heavy atom. The predicted octanol–water partition coefficient (Wildman–Crippen LogP) is 2.35. The Balaban J connectivity index is 2.52. The van der Waals surface area contributed by atoms with Crippen molar-refractivity contribution in [1.29, 1.82) is 0 Å². The van der Waals surface area contributed by atoms with Crippen LogP contribution in [-0.4, -0.2) is 17.1 Å². The second kappa shape index (κ2) is 4.41. The fourth-order valence-electron chi connectivity index (χ4n) is 1.72. The summed E-state index contributed by atoms with van der Waals surface area (Å²) in [6.45, 7) is 3.83. The molecule has 0 saturated carbocycles. The van der Waals surface area contributed by atoms with Gasteiger partial charge in [0.25, 0.3) is 0 Å². The molecule has 0 atom stereocenters. The minimum Gasteiger partial charge on any atom is -0.496 e. The Labute approximate surface area is 100 Å². The van der Waals surface area contributed by atoms with Crippen molar-refractivity contribution >= 4 is 5.82 Å². The van der Waals surface area contributed by atoms with Crippen LogP contribution in [0.25, 0.3) is 11.3 Å². The SMILES string of the molecule is COc1cc(-c2cc(N)nc(C)n2)ccc1C. The quantitative estimate of drug-likeness (QED) is 0.858. The largest absolute Gasteiger partial charge is 0.496 e. The van der Waals surface area contributed by atoms with Gasteiger partial charge in [0, 0.05) is 11.6 Å². The number of hydrogen-bond acceptors (Lipinski definition) is 4. The van der Waals surface area contributed by atoms with E-state index in [0.717, 1.165) is 22.6 Å². The van der Waals surface area contributed by atoms with Gasteiger partial charge in [-0.05, 0) is 25.5 Å². The number of benzene rings is 1. The van der Waals surface area contributed by atoms with E-state index in [1.807, 2.05) is 32.0 Å². The van der Waals surface area contributed by atoms with Gasteiger partial charge in [-0.1, -0.05) is 12.1 Å². The van der Waals surface area contributed by atoms with E-state index in [1.54, 1.807) is 13.2 Å². The Hall–Kier alpha value is -2.10. The molecular formula is C13H15N3O. The Morgan fingerprint density at radius 3 is 2.53 bits per heavy atom. The van der Waals surface area contributed by atoms with Gasteiger partial charge in [0.15, 0.2) is 0 Å². The summed E-state index contributed by atoms with van der Waals surface area (Å²) in [5, 5.41) is 0. The van der Waals surface area contributed by atoms with Crippen LogP contribution >= 0.6 is 0 Å². The van der Waals surface area contributed by atoms with Gasteiger partial charge in [-0.25, -0.2) is 9.97 Å². The molecule has 0 aliphatic rings. The highest BCUT2D eigenvalue weighted by atomic mass is 16.5. The molecule has 0 saturated heterocycles. The second-order valence-corrected chi connectivity index (χ2v) is 3.91. The first-order chi connectivity index (χ1) is 8.10. The Bertz CT molecular complexity index is 532. The van der Waals surface area contributed by atoms with E-state index >= 15 is 0 Å². The molecule has 4 heteroatoms. The summed E-state index contributed by atoms with van der Waals surface area (Å²) < 4.78 is 5.29. The number of ether oxygens (including phenoxy) is 1. The topological polar surface area (TPSA) is 61.0 Å². The van der Waals surface area contributed by atoms with E-state index in [4.69, 9.17) is 10.5 Å². The molecule has 0 amide bonds. The van der Waals surface area contributed by atoms with Crippen molar-refractivity contribution in [2.24, 2.45) is 0 Å². The van der Waals surface area contributed by atoms with Crippen molar-refractivity contribution in [3.05, 3.63) is 35.7 Å². The predicted molar refractivity (Wildman–Crippen MR) is 67.9 cm³/mol. The van der Waals surface area contributed by atoms with Crippen molar-refractivity contribution in [2.45, 2.75) is 13.8 Å². The van der Waals surface area contributed by atoms with E-state index in [2.05, 4.69) is 9.97 Å². The molecule has 1 aromatic carbocycles. The summed E-state index contributed by atoms with van der Waals surface area (Å²) in [4.78, 5) is 8.42. The van der Waals surface area contributed by atoms with E-state index in [0.29, 0.717) is 11.6 Å². The van der Waals surface area contributed by atoms with Crippen molar-refractivity contribution in [2.75, 3.05) is 12.8 Å². The molecule has 4 nitrogen and oxygen atoms in total. The average molecular weight is 229 g/mol. The van der Waals surface area contributed by atoms with E-state index in [-0.39, 0.29) is 0 Å². The van der Waals surface area contributed by atoms with Crippen molar-refractivity contribution in [3.8, 4) is 17.0 Å². The van der Waals surface area contributed by atoms with Gasteiger partial charge in [-0.3, -0.25) is 0 Å². The summed E-state index contributed by atoms with van der Waals surface area (Å²) in [6, 6.07) is 7.72. The Morgan fingerprint density at radius 1 is 1.12 bits per heavy atom. The van der Waals surface area contributed by atoms with Gasteiger partial charge in [0.05, 0.1) is 12.8 Å². The summed E-state index contributed by atoms with van der Waals surface area (Å²) in [5.41, 5.74) is 8.60. The fourth-order valence-corrected chi connectivity index (χ4v) is 1.72. The molecule has 2 N–H and O–H groups in total. The molecular weight excluding hydrogens is 214 g/mol. The lowest BCUT2D eigenvalue weighted by Crippen LogP contribution is -1.97. The number of nitrogens with two attached hydrogens (primary N) is 1. The summed E-state index contributed by atoms with van der Waals surface area (Å²) in [7, 11) is 1.66. The number of aryl methyl sites for hydroxylation is 2. The highest BCUT2D eigenvalue weighted by Gasteiger charge is 2.05. The second-order valence-electron chi connectivity index (χ2n) is 3.91. The molecule has 1 heterocycles. The number of nitrogen functional groups attached to an aromatic ring is 1. The molecule has 88 valence electrons. The fraction of sp³-hybridized carbons (Fsp3) is 0.231. The molecule has 0 aliphatic heterocycles. The number of rotatable bonds is 2. The standard InChI is InChI=1S/C13H15N3O/c1-8-4-5-10(6-12(8)17-3)11-7-13(14)16-9(2)15-11/h4-7H,1-3H3,(H2,14,15,16). The zero-order chi connectivity index (χ0) is 12.4. The van der Waals surface area contributed by atoms with Crippen molar-refractivity contribution in [3.63, 3.8) is 0 Å². The van der Waals surface area contributed by atoms with Crippen LogP contribution in [0.3, 0.4) is 0 Å². The van der Waals surface area contributed by atoms with Gasteiger partial charge < -0.3 is 10.5 Å². The number of aromatic nitrogens is 2. The number of hydrogen-bond donors (Lipinski definition) is 1. The molecule has 2 rings (SSSR count). The van der Waals surface area contributed by atoms with Crippen LogP contribution in [0.2, 0.25) is 0 Å². The van der Waals surface area contributed by atoms with E-state index in [9.17, 15) is 0 Å². The first-order valence-corrected chi connectivity index (χ1v) is 5.36. The number of methoxy groups -OCH3 is 1. The first-order valence-electron chi connectivity index (χ1n) is 5.36. The smallest absolute Gasteiger partial charge is 0.128 e. The molecule has 0 fully saturated rings. The lowest BCUT2D eigenvalue weighted by atomic mass is 10.1. The van der Waals surface area contributed by atoms with Crippen LogP contribution in [-0.2, 0) is 0 Å². The molecule has 0 bridgehead atoms. The van der Waals surface area contributed by atoms with Crippen molar-refractivity contribution in [1.82, 2.24) is 9.97 Å². The van der Waals surface area contributed by atoms with Gasteiger partial charge in [-0.2, -0.15) is 0 Å².